The lowest BCUT2D eigenvalue weighted by Crippen LogP contribution is -2.37. The fourth-order valence-electron chi connectivity index (χ4n) is 2.86. The van der Waals surface area contributed by atoms with Crippen molar-refractivity contribution in [1.29, 1.82) is 0 Å². The van der Waals surface area contributed by atoms with Crippen molar-refractivity contribution in [2.24, 2.45) is 5.92 Å². The third-order valence-electron chi connectivity index (χ3n) is 4.07. The van der Waals surface area contributed by atoms with Gasteiger partial charge >= 0.3 is 0 Å². The summed E-state index contributed by atoms with van der Waals surface area (Å²) in [6.45, 7) is 11.5. The van der Waals surface area contributed by atoms with E-state index in [0.717, 1.165) is 18.5 Å². The normalized spacial score (nSPS) is 14.5. The van der Waals surface area contributed by atoms with Gasteiger partial charge in [-0.05, 0) is 49.9 Å². The molecule has 0 saturated carbocycles. The van der Waals surface area contributed by atoms with Crippen molar-refractivity contribution in [3.8, 4) is 0 Å². The highest BCUT2D eigenvalue weighted by molar-refractivity contribution is 5.55. The van der Waals surface area contributed by atoms with E-state index in [2.05, 4.69) is 43.7 Å². The second-order valence-corrected chi connectivity index (χ2v) is 5.94. The molecular weight excluding hydrogens is 288 g/mol. The Bertz CT molecular complexity index is 526. The summed E-state index contributed by atoms with van der Waals surface area (Å²) in [5.41, 5.74) is 3.60. The number of rotatable bonds is 10. The van der Waals surface area contributed by atoms with Gasteiger partial charge in [-0.25, -0.2) is 0 Å². The maximum Gasteiger partial charge on any atom is 0.0866 e. The molecule has 2 atom stereocenters. The van der Waals surface area contributed by atoms with Gasteiger partial charge in [-0.15, -0.1) is 0 Å². The van der Waals surface area contributed by atoms with Gasteiger partial charge in [0.1, 0.15) is 0 Å². The molecule has 0 spiro atoms. The first-order valence-electron chi connectivity index (χ1n) is 8.17. The number of ether oxygens (including phenoxy) is 1. The Labute approximate surface area is 140 Å². The van der Waals surface area contributed by atoms with Gasteiger partial charge in [0, 0.05) is 38.6 Å². The van der Waals surface area contributed by atoms with Gasteiger partial charge in [0.05, 0.1) is 5.76 Å². The molecule has 0 radical (unpaired) electrons. The first-order valence-corrected chi connectivity index (χ1v) is 8.17. The third-order valence-corrected chi connectivity index (χ3v) is 4.07. The quantitative estimate of drug-likeness (QED) is 0.643. The molecule has 128 valence electrons. The van der Waals surface area contributed by atoms with E-state index in [0.29, 0.717) is 13.0 Å². The average molecular weight is 318 g/mol. The van der Waals surface area contributed by atoms with E-state index < -0.39 is 0 Å². The van der Waals surface area contributed by atoms with E-state index in [-0.39, 0.29) is 17.7 Å². The van der Waals surface area contributed by atoms with E-state index >= 15 is 0 Å². The molecule has 23 heavy (non-hydrogen) atoms. The number of nitrogens with one attached hydrogen (secondary N) is 1. The zero-order valence-electron chi connectivity index (χ0n) is 14.8. The topological polar surface area (TPSA) is 54.4 Å². The summed E-state index contributed by atoms with van der Waals surface area (Å²) in [6, 6.07) is 2.17. The number of aryl methyl sites for hydroxylation is 1. The zero-order valence-corrected chi connectivity index (χ0v) is 14.8. The van der Waals surface area contributed by atoms with Gasteiger partial charge in [0.15, 0.2) is 0 Å². The average Bonchev–Trinajstić information content (AvgIpc) is 2.49. The molecule has 1 heterocycles. The lowest BCUT2D eigenvalue weighted by atomic mass is 9.85. The van der Waals surface area contributed by atoms with Crippen LogP contribution in [-0.4, -0.2) is 36.4 Å². The summed E-state index contributed by atoms with van der Waals surface area (Å²) in [4.78, 5) is 4.14. The lowest BCUT2D eigenvalue weighted by Gasteiger charge is -2.29. The third kappa shape index (κ3) is 6.55. The molecule has 0 aromatic carbocycles. The minimum Gasteiger partial charge on any atom is -0.513 e. The Kier molecular flexibility index (Phi) is 8.59. The van der Waals surface area contributed by atoms with Crippen LogP contribution >= 0.6 is 0 Å². The second-order valence-electron chi connectivity index (χ2n) is 5.94. The summed E-state index contributed by atoms with van der Waals surface area (Å²) in [5, 5.41) is 13.1. The Morgan fingerprint density at radius 3 is 2.83 bits per heavy atom. The summed E-state index contributed by atoms with van der Waals surface area (Å²) in [7, 11) is 1.72. The van der Waals surface area contributed by atoms with Crippen LogP contribution in [0.25, 0.3) is 6.08 Å². The van der Waals surface area contributed by atoms with Crippen molar-refractivity contribution in [3.63, 3.8) is 0 Å². The van der Waals surface area contributed by atoms with Crippen molar-refractivity contribution >= 4 is 6.08 Å². The number of hydrogen-bond acceptors (Lipinski definition) is 4. The molecule has 0 aliphatic rings. The molecule has 0 saturated heterocycles. The van der Waals surface area contributed by atoms with E-state index in [1.165, 1.54) is 11.1 Å². The molecule has 1 rings (SSSR count). The highest BCUT2D eigenvalue weighted by Crippen LogP contribution is 2.26. The maximum absolute atomic E-state index is 9.65. The number of methoxy groups -OCH3 is 1. The molecule has 0 aliphatic carbocycles. The highest BCUT2D eigenvalue weighted by atomic mass is 16.5. The van der Waals surface area contributed by atoms with Crippen LogP contribution in [0.4, 0.5) is 0 Å². The Morgan fingerprint density at radius 2 is 2.26 bits per heavy atom. The van der Waals surface area contributed by atoms with Crippen LogP contribution in [0.3, 0.4) is 0 Å². The fourth-order valence-corrected chi connectivity index (χ4v) is 2.86. The van der Waals surface area contributed by atoms with Crippen molar-refractivity contribution in [2.75, 3.05) is 20.3 Å². The predicted octanol–water partition coefficient (Wildman–Crippen LogP) is 3.89. The standard InChI is InChI=1S/C19H30N2O2/c1-6-21-19(12-16(4)22)18(8-10-23-5)14(2)11-17-7-9-20-13-15(17)3/h7,9,11,13,18-19,21-22H,4,6,8,10,12H2,1-3,5H3/b14-11+. The maximum atomic E-state index is 9.65. The molecule has 2 unspecified atom stereocenters. The van der Waals surface area contributed by atoms with Crippen LogP contribution < -0.4 is 5.32 Å². The van der Waals surface area contributed by atoms with Crippen LogP contribution in [0.15, 0.2) is 36.4 Å². The molecule has 2 N–H and O–H groups in total. The van der Waals surface area contributed by atoms with Gasteiger partial charge in [-0.2, -0.15) is 0 Å². The highest BCUT2D eigenvalue weighted by Gasteiger charge is 2.23. The van der Waals surface area contributed by atoms with E-state index in [1.54, 1.807) is 7.11 Å². The molecular formula is C19H30N2O2. The first-order chi connectivity index (χ1) is 11.0. The van der Waals surface area contributed by atoms with Gasteiger partial charge in [0.2, 0.25) is 0 Å². The van der Waals surface area contributed by atoms with Gasteiger partial charge in [-0.1, -0.05) is 25.2 Å². The summed E-state index contributed by atoms with van der Waals surface area (Å²) >= 11 is 0. The van der Waals surface area contributed by atoms with E-state index in [9.17, 15) is 5.11 Å². The smallest absolute Gasteiger partial charge is 0.0866 e. The summed E-state index contributed by atoms with van der Waals surface area (Å²) in [5.74, 6) is 0.484. The monoisotopic (exact) mass is 318 g/mol. The van der Waals surface area contributed by atoms with Gasteiger partial charge in [0.25, 0.3) is 0 Å². The largest absolute Gasteiger partial charge is 0.513 e. The van der Waals surface area contributed by atoms with Crippen LogP contribution in [0.1, 0.15) is 37.8 Å². The summed E-state index contributed by atoms with van der Waals surface area (Å²) < 4.78 is 5.28. The van der Waals surface area contributed by atoms with E-state index in [1.807, 2.05) is 18.5 Å². The SMILES string of the molecule is C=C(O)CC(NCC)C(CCOC)/C(C)=C/c1ccncc1C. The Hall–Kier alpha value is -1.65. The zero-order chi connectivity index (χ0) is 17.2. The van der Waals surface area contributed by atoms with Gasteiger partial charge in [-0.3, -0.25) is 4.98 Å². The minimum atomic E-state index is 0.144. The van der Waals surface area contributed by atoms with Crippen molar-refractivity contribution in [1.82, 2.24) is 10.3 Å². The summed E-state index contributed by atoms with van der Waals surface area (Å²) in [6.07, 6.45) is 7.34. The molecule has 0 fully saturated rings. The molecule has 0 aliphatic heterocycles. The second kappa shape index (κ2) is 10.2. The molecule has 1 aromatic heterocycles. The van der Waals surface area contributed by atoms with Gasteiger partial charge < -0.3 is 15.2 Å². The number of aliphatic hydroxyl groups is 1. The first kappa shape index (κ1) is 19.4. The number of hydrogen-bond donors (Lipinski definition) is 2. The minimum absolute atomic E-state index is 0.144. The number of aliphatic hydroxyl groups excluding tert-OH is 1. The predicted molar refractivity (Wildman–Crippen MR) is 96.5 cm³/mol. The lowest BCUT2D eigenvalue weighted by molar-refractivity contribution is 0.172. The van der Waals surface area contributed by atoms with Crippen LogP contribution in [0.5, 0.6) is 0 Å². The molecule has 0 amide bonds. The van der Waals surface area contributed by atoms with Crippen LogP contribution in [0, 0.1) is 12.8 Å². The fraction of sp³-hybridized carbons (Fsp3) is 0.526. The molecule has 1 aromatic rings. The van der Waals surface area contributed by atoms with Crippen molar-refractivity contribution < 1.29 is 9.84 Å². The Balaban J connectivity index is 3.06. The van der Waals surface area contributed by atoms with Crippen LogP contribution in [0.2, 0.25) is 0 Å². The molecule has 4 heteroatoms. The Morgan fingerprint density at radius 1 is 1.52 bits per heavy atom. The van der Waals surface area contributed by atoms with Crippen LogP contribution in [-0.2, 0) is 4.74 Å². The van der Waals surface area contributed by atoms with Crippen molar-refractivity contribution in [2.45, 2.75) is 39.7 Å². The number of nitrogens with zero attached hydrogens (tertiary/aromatic N) is 1. The van der Waals surface area contributed by atoms with E-state index in [4.69, 9.17) is 4.74 Å². The number of pyridine rings is 1. The van der Waals surface area contributed by atoms with Crippen molar-refractivity contribution in [3.05, 3.63) is 47.5 Å². The number of aromatic nitrogens is 1. The molecule has 4 nitrogen and oxygen atoms in total. The molecule has 0 bridgehead atoms.